The van der Waals surface area contributed by atoms with Crippen LogP contribution in [-0.2, 0) is 10.2 Å². The first kappa shape index (κ1) is 23.5. The summed E-state index contributed by atoms with van der Waals surface area (Å²) in [5.74, 6) is 2.21. The molecule has 4 bridgehead atoms. The van der Waals surface area contributed by atoms with Crippen molar-refractivity contribution < 1.29 is 19.1 Å². The average Bonchev–Trinajstić information content (AvgIpc) is 2.77. The van der Waals surface area contributed by atoms with Crippen LogP contribution >= 0.6 is 11.8 Å². The van der Waals surface area contributed by atoms with E-state index in [9.17, 15) is 9.59 Å². The Kier molecular flexibility index (Phi) is 6.04. The molecule has 180 valence electrons. The van der Waals surface area contributed by atoms with E-state index >= 15 is 0 Å². The maximum Gasteiger partial charge on any atom is 0.343 e. The van der Waals surface area contributed by atoms with Crippen molar-refractivity contribution in [1.82, 2.24) is 0 Å². The Labute approximate surface area is 206 Å². The van der Waals surface area contributed by atoms with Gasteiger partial charge in [0.05, 0.1) is 11.1 Å². The number of ether oxygens (including phenoxy) is 2. The highest BCUT2D eigenvalue weighted by atomic mass is 32.2. The molecule has 0 amide bonds. The molecular weight excluding hydrogens is 444 g/mol. The molecule has 0 spiro atoms. The van der Waals surface area contributed by atoms with E-state index in [0.717, 1.165) is 17.8 Å². The van der Waals surface area contributed by atoms with Crippen LogP contribution in [0.4, 0.5) is 0 Å². The molecule has 4 fully saturated rings. The van der Waals surface area contributed by atoms with Crippen molar-refractivity contribution in [2.75, 3.05) is 6.26 Å². The third-order valence-corrected chi connectivity index (χ3v) is 8.54. The standard InChI is InChI=1S/C29H34O4S/c1-28(2,3)33-27(31)21-5-8-23(9-6-21)32-26(30)22-7-10-25(34-4)24(14-22)29-15-18-11-19(16-29)13-20(12-18)17-29/h5-10,14,18-20H,11-13,15-17H2,1-4H3. The molecule has 0 unspecified atom stereocenters. The number of thioether (sulfide) groups is 1. The third kappa shape index (κ3) is 4.64. The van der Waals surface area contributed by atoms with Crippen LogP contribution in [0.25, 0.3) is 0 Å². The summed E-state index contributed by atoms with van der Waals surface area (Å²) in [5, 5.41) is 0. The van der Waals surface area contributed by atoms with E-state index in [-0.39, 0.29) is 11.4 Å². The highest BCUT2D eigenvalue weighted by molar-refractivity contribution is 7.98. The van der Waals surface area contributed by atoms with Crippen molar-refractivity contribution in [2.24, 2.45) is 17.8 Å². The predicted octanol–water partition coefficient (Wildman–Crippen LogP) is 7.05. The van der Waals surface area contributed by atoms with Gasteiger partial charge in [0.15, 0.2) is 0 Å². The van der Waals surface area contributed by atoms with Gasteiger partial charge in [-0.25, -0.2) is 9.59 Å². The lowest BCUT2D eigenvalue weighted by Gasteiger charge is -2.57. The second kappa shape index (κ2) is 8.75. The molecule has 6 rings (SSSR count). The first-order valence-electron chi connectivity index (χ1n) is 12.4. The van der Waals surface area contributed by atoms with E-state index in [1.165, 1.54) is 49.0 Å². The van der Waals surface area contributed by atoms with Crippen LogP contribution in [-0.4, -0.2) is 23.8 Å². The third-order valence-electron chi connectivity index (χ3n) is 7.74. The summed E-state index contributed by atoms with van der Waals surface area (Å²) in [6.07, 6.45) is 10.1. The highest BCUT2D eigenvalue weighted by Gasteiger charge is 2.52. The Morgan fingerprint density at radius 2 is 1.41 bits per heavy atom. The minimum absolute atomic E-state index is 0.221. The molecule has 0 N–H and O–H groups in total. The molecule has 0 aliphatic heterocycles. The van der Waals surface area contributed by atoms with Crippen LogP contribution in [0.15, 0.2) is 47.4 Å². The molecule has 4 saturated carbocycles. The molecule has 2 aromatic carbocycles. The normalized spacial score (nSPS) is 27.5. The smallest absolute Gasteiger partial charge is 0.343 e. The minimum atomic E-state index is -0.556. The molecule has 4 nitrogen and oxygen atoms in total. The van der Waals surface area contributed by atoms with E-state index in [1.54, 1.807) is 36.0 Å². The molecular formula is C29H34O4S. The molecule has 2 aromatic rings. The van der Waals surface area contributed by atoms with Crippen LogP contribution in [0.3, 0.4) is 0 Å². The maximum absolute atomic E-state index is 13.1. The number of hydrogen-bond acceptors (Lipinski definition) is 5. The fourth-order valence-electron chi connectivity index (χ4n) is 6.85. The predicted molar refractivity (Wildman–Crippen MR) is 135 cm³/mol. The summed E-state index contributed by atoms with van der Waals surface area (Å²) in [7, 11) is 0. The minimum Gasteiger partial charge on any atom is -0.456 e. The van der Waals surface area contributed by atoms with Crippen molar-refractivity contribution in [3.05, 3.63) is 59.2 Å². The van der Waals surface area contributed by atoms with Crippen LogP contribution in [0.2, 0.25) is 0 Å². The molecule has 34 heavy (non-hydrogen) atoms. The molecule has 0 saturated heterocycles. The van der Waals surface area contributed by atoms with E-state index in [0.29, 0.717) is 16.9 Å². The van der Waals surface area contributed by atoms with Gasteiger partial charge in [-0.1, -0.05) is 0 Å². The van der Waals surface area contributed by atoms with E-state index in [1.807, 2.05) is 26.8 Å². The summed E-state index contributed by atoms with van der Waals surface area (Å²) >= 11 is 1.78. The summed E-state index contributed by atoms with van der Waals surface area (Å²) in [6.45, 7) is 5.50. The van der Waals surface area contributed by atoms with Crippen LogP contribution in [0.5, 0.6) is 5.75 Å². The molecule has 0 atom stereocenters. The number of esters is 2. The largest absolute Gasteiger partial charge is 0.456 e. The van der Waals surface area contributed by atoms with Gasteiger partial charge in [0, 0.05) is 4.90 Å². The van der Waals surface area contributed by atoms with Gasteiger partial charge in [-0.15, -0.1) is 11.8 Å². The molecule has 4 aliphatic carbocycles. The second-order valence-corrected chi connectivity index (χ2v) is 12.4. The summed E-state index contributed by atoms with van der Waals surface area (Å²) < 4.78 is 11.1. The molecule has 0 radical (unpaired) electrons. The van der Waals surface area contributed by atoms with Gasteiger partial charge in [0.1, 0.15) is 11.4 Å². The fraction of sp³-hybridized carbons (Fsp3) is 0.517. The van der Waals surface area contributed by atoms with Crippen molar-refractivity contribution in [1.29, 1.82) is 0 Å². The SMILES string of the molecule is CSc1ccc(C(=O)Oc2ccc(C(=O)OC(C)(C)C)cc2)cc1C12CC3CC(CC(C3)C1)C2. The van der Waals surface area contributed by atoms with E-state index < -0.39 is 11.6 Å². The van der Waals surface area contributed by atoms with Gasteiger partial charge < -0.3 is 9.47 Å². The van der Waals surface area contributed by atoms with Crippen molar-refractivity contribution in [3.8, 4) is 5.75 Å². The van der Waals surface area contributed by atoms with Crippen molar-refractivity contribution in [3.63, 3.8) is 0 Å². The second-order valence-electron chi connectivity index (χ2n) is 11.5. The molecule has 0 heterocycles. The number of rotatable bonds is 5. The number of benzene rings is 2. The van der Waals surface area contributed by atoms with Gasteiger partial charge >= 0.3 is 11.9 Å². The van der Waals surface area contributed by atoms with Crippen LogP contribution < -0.4 is 4.74 Å². The molecule has 5 heteroatoms. The summed E-state index contributed by atoms with van der Waals surface area (Å²) in [5.41, 5.74) is 2.05. The Balaban J connectivity index is 1.35. The lowest BCUT2D eigenvalue weighted by Crippen LogP contribution is -2.48. The monoisotopic (exact) mass is 478 g/mol. The zero-order valence-electron chi connectivity index (χ0n) is 20.6. The van der Waals surface area contributed by atoms with Crippen LogP contribution in [0, 0.1) is 17.8 Å². The van der Waals surface area contributed by atoms with Crippen LogP contribution in [0.1, 0.15) is 85.6 Å². The topological polar surface area (TPSA) is 52.6 Å². The molecule has 4 aliphatic rings. The lowest BCUT2D eigenvalue weighted by atomic mass is 9.48. The van der Waals surface area contributed by atoms with Crippen molar-refractivity contribution >= 4 is 23.7 Å². The van der Waals surface area contributed by atoms with E-state index in [4.69, 9.17) is 9.47 Å². The zero-order valence-corrected chi connectivity index (χ0v) is 21.4. The molecule has 0 aromatic heterocycles. The Morgan fingerprint density at radius 3 is 1.94 bits per heavy atom. The van der Waals surface area contributed by atoms with Gasteiger partial charge in [0.25, 0.3) is 0 Å². The first-order valence-corrected chi connectivity index (χ1v) is 13.6. The summed E-state index contributed by atoms with van der Waals surface area (Å²) in [4.78, 5) is 26.6. The van der Waals surface area contributed by atoms with Crippen molar-refractivity contribution in [2.45, 2.75) is 75.2 Å². The van der Waals surface area contributed by atoms with E-state index in [2.05, 4.69) is 18.4 Å². The fourth-order valence-corrected chi connectivity index (χ4v) is 7.55. The van der Waals surface area contributed by atoms with Gasteiger partial charge in [0.2, 0.25) is 0 Å². The van der Waals surface area contributed by atoms with Gasteiger partial charge in [-0.3, -0.25) is 0 Å². The summed E-state index contributed by atoms with van der Waals surface area (Å²) in [6, 6.07) is 12.6. The first-order chi connectivity index (χ1) is 16.1. The average molecular weight is 479 g/mol. The van der Waals surface area contributed by atoms with Gasteiger partial charge in [-0.05, 0) is 137 Å². The number of hydrogen-bond donors (Lipinski definition) is 0. The van der Waals surface area contributed by atoms with Gasteiger partial charge in [-0.2, -0.15) is 0 Å². The Bertz CT molecular complexity index is 1060. The number of carbonyl (C=O) groups is 2. The zero-order chi connectivity index (χ0) is 24.1. The quantitative estimate of drug-likeness (QED) is 0.262. The Morgan fingerprint density at radius 1 is 0.853 bits per heavy atom. The Hall–Kier alpha value is -2.27. The highest BCUT2D eigenvalue weighted by Crippen LogP contribution is 2.61. The number of carbonyl (C=O) groups excluding carboxylic acids is 2. The maximum atomic E-state index is 13.1. The lowest BCUT2D eigenvalue weighted by molar-refractivity contribution is -0.00642.